The molecule has 6 nitrogen and oxygen atoms in total. The average molecular weight is 325 g/mol. The molecule has 2 aromatic rings. The molecule has 0 bridgehead atoms. The van der Waals surface area contributed by atoms with Crippen LogP contribution in [0.4, 0.5) is 0 Å². The molecule has 1 aromatic heterocycles. The zero-order valence-corrected chi connectivity index (χ0v) is 13.8. The lowest BCUT2D eigenvalue weighted by molar-refractivity contribution is -0.137. The highest BCUT2D eigenvalue weighted by Gasteiger charge is 2.31. The molecule has 1 aliphatic carbocycles. The van der Waals surface area contributed by atoms with Gasteiger partial charge >= 0.3 is 0 Å². The van der Waals surface area contributed by atoms with Crippen molar-refractivity contribution in [3.8, 4) is 0 Å². The predicted molar refractivity (Wildman–Crippen MR) is 90.2 cm³/mol. The van der Waals surface area contributed by atoms with Gasteiger partial charge in [0.05, 0.1) is 11.4 Å². The second-order valence-corrected chi connectivity index (χ2v) is 6.74. The number of amides is 1. The van der Waals surface area contributed by atoms with Crippen LogP contribution in [-0.2, 0) is 24.2 Å². The van der Waals surface area contributed by atoms with Crippen molar-refractivity contribution in [2.75, 3.05) is 26.2 Å². The quantitative estimate of drug-likeness (QED) is 0.922. The van der Waals surface area contributed by atoms with Gasteiger partial charge in [-0.2, -0.15) is 15.4 Å². The van der Waals surface area contributed by atoms with Gasteiger partial charge in [-0.3, -0.25) is 9.69 Å². The topological polar surface area (TPSA) is 65.1 Å². The molecule has 0 saturated carbocycles. The fraction of sp³-hybridized carbons (Fsp3) is 0.500. The minimum atomic E-state index is 0.0725. The molecule has 2 aliphatic rings. The smallest absolute Gasteiger partial charge is 0.226 e. The molecule has 1 aliphatic heterocycles. The minimum absolute atomic E-state index is 0.0725. The third-order valence-electron chi connectivity index (χ3n) is 5.15. The number of piperazine rings is 1. The fourth-order valence-corrected chi connectivity index (χ4v) is 3.72. The largest absolute Gasteiger partial charge is 0.340 e. The van der Waals surface area contributed by atoms with E-state index in [0.717, 1.165) is 63.4 Å². The molecule has 4 rings (SSSR count). The van der Waals surface area contributed by atoms with Crippen LogP contribution in [0.3, 0.4) is 0 Å². The summed E-state index contributed by atoms with van der Waals surface area (Å²) in [7, 11) is 0. The van der Waals surface area contributed by atoms with Gasteiger partial charge in [-0.25, -0.2) is 0 Å². The first-order valence-corrected chi connectivity index (χ1v) is 8.73. The second-order valence-electron chi connectivity index (χ2n) is 6.74. The lowest BCUT2D eigenvalue weighted by atomic mass is 9.88. The number of aromatic amines is 1. The Labute approximate surface area is 141 Å². The van der Waals surface area contributed by atoms with Gasteiger partial charge in [0, 0.05) is 45.1 Å². The summed E-state index contributed by atoms with van der Waals surface area (Å²) in [5.74, 6) is 0.367. The van der Waals surface area contributed by atoms with E-state index < -0.39 is 0 Å². The average Bonchev–Trinajstić information content (AvgIpc) is 3.10. The van der Waals surface area contributed by atoms with Crippen molar-refractivity contribution in [1.29, 1.82) is 0 Å². The molecule has 0 spiro atoms. The number of nitrogens with one attached hydrogen (secondary N) is 1. The SMILES string of the molecule is O=C(C1CCc2n[nH]nc2C1)N1CCN(Cc2ccccc2)CC1. The summed E-state index contributed by atoms with van der Waals surface area (Å²) in [6.07, 6.45) is 2.48. The van der Waals surface area contributed by atoms with Crippen LogP contribution < -0.4 is 0 Å². The maximum Gasteiger partial charge on any atom is 0.226 e. The molecule has 2 heterocycles. The van der Waals surface area contributed by atoms with Gasteiger partial charge in [-0.15, -0.1) is 0 Å². The summed E-state index contributed by atoms with van der Waals surface area (Å²) in [6, 6.07) is 10.5. The highest BCUT2D eigenvalue weighted by molar-refractivity contribution is 5.79. The summed E-state index contributed by atoms with van der Waals surface area (Å²) < 4.78 is 0. The molecule has 1 amide bonds. The van der Waals surface area contributed by atoms with Crippen molar-refractivity contribution in [3.05, 3.63) is 47.3 Å². The van der Waals surface area contributed by atoms with Gasteiger partial charge in [0.25, 0.3) is 0 Å². The van der Waals surface area contributed by atoms with Crippen molar-refractivity contribution in [3.63, 3.8) is 0 Å². The normalized spacial score (nSPS) is 21.5. The number of carbonyl (C=O) groups is 1. The first-order valence-electron chi connectivity index (χ1n) is 8.73. The van der Waals surface area contributed by atoms with E-state index in [0.29, 0.717) is 5.91 Å². The Balaban J connectivity index is 1.30. The number of aryl methyl sites for hydroxylation is 1. The molecule has 6 heteroatoms. The number of H-pyrrole nitrogens is 1. The summed E-state index contributed by atoms with van der Waals surface area (Å²) in [6.45, 7) is 4.52. The molecule has 1 unspecified atom stereocenters. The van der Waals surface area contributed by atoms with E-state index in [2.05, 4.69) is 44.6 Å². The van der Waals surface area contributed by atoms with Crippen LogP contribution in [0, 0.1) is 5.92 Å². The van der Waals surface area contributed by atoms with Crippen LogP contribution in [-0.4, -0.2) is 57.3 Å². The van der Waals surface area contributed by atoms with Crippen molar-refractivity contribution in [2.45, 2.75) is 25.8 Å². The lowest BCUT2D eigenvalue weighted by Crippen LogP contribution is -2.50. The lowest BCUT2D eigenvalue weighted by Gasteiger charge is -2.37. The van der Waals surface area contributed by atoms with Crippen molar-refractivity contribution in [1.82, 2.24) is 25.2 Å². The number of hydrogen-bond donors (Lipinski definition) is 1. The molecule has 24 heavy (non-hydrogen) atoms. The highest BCUT2D eigenvalue weighted by atomic mass is 16.2. The number of rotatable bonds is 3. The zero-order chi connectivity index (χ0) is 16.4. The molecular weight excluding hydrogens is 302 g/mol. The van der Waals surface area contributed by atoms with Gasteiger partial charge in [0.1, 0.15) is 0 Å². The number of nitrogens with zero attached hydrogens (tertiary/aromatic N) is 4. The van der Waals surface area contributed by atoms with Crippen LogP contribution in [0.25, 0.3) is 0 Å². The Hall–Kier alpha value is -2.21. The second kappa shape index (κ2) is 6.73. The molecule has 1 saturated heterocycles. The standard InChI is InChI=1S/C18H23N5O/c24-18(15-6-7-16-17(12-15)20-21-19-16)23-10-8-22(9-11-23)13-14-4-2-1-3-5-14/h1-5,15H,6-13H2,(H,19,20,21). The maximum atomic E-state index is 12.8. The predicted octanol–water partition coefficient (Wildman–Crippen LogP) is 1.25. The van der Waals surface area contributed by atoms with E-state index in [1.807, 2.05) is 11.0 Å². The Morgan fingerprint density at radius 2 is 1.83 bits per heavy atom. The Bertz CT molecular complexity index is 690. The number of aromatic nitrogens is 3. The molecule has 1 N–H and O–H groups in total. The minimum Gasteiger partial charge on any atom is -0.340 e. The molecule has 0 radical (unpaired) electrons. The summed E-state index contributed by atoms with van der Waals surface area (Å²) in [5.41, 5.74) is 3.34. The first-order chi connectivity index (χ1) is 11.8. The Kier molecular flexibility index (Phi) is 4.30. The monoisotopic (exact) mass is 325 g/mol. The zero-order valence-electron chi connectivity index (χ0n) is 13.8. The molecular formula is C18H23N5O. The fourth-order valence-electron chi connectivity index (χ4n) is 3.72. The Morgan fingerprint density at radius 3 is 2.62 bits per heavy atom. The van der Waals surface area contributed by atoms with Crippen LogP contribution in [0.2, 0.25) is 0 Å². The van der Waals surface area contributed by atoms with Crippen molar-refractivity contribution < 1.29 is 4.79 Å². The third kappa shape index (κ3) is 3.19. The van der Waals surface area contributed by atoms with Crippen molar-refractivity contribution in [2.24, 2.45) is 5.92 Å². The number of benzene rings is 1. The van der Waals surface area contributed by atoms with Crippen molar-refractivity contribution >= 4 is 5.91 Å². The van der Waals surface area contributed by atoms with E-state index >= 15 is 0 Å². The Morgan fingerprint density at radius 1 is 1.08 bits per heavy atom. The molecule has 126 valence electrons. The van der Waals surface area contributed by atoms with Gasteiger partial charge in [0.15, 0.2) is 0 Å². The maximum absolute atomic E-state index is 12.8. The van der Waals surface area contributed by atoms with Gasteiger partial charge in [0.2, 0.25) is 5.91 Å². The van der Waals surface area contributed by atoms with Gasteiger partial charge in [-0.05, 0) is 18.4 Å². The third-order valence-corrected chi connectivity index (χ3v) is 5.15. The van der Waals surface area contributed by atoms with Gasteiger partial charge < -0.3 is 4.90 Å². The molecule has 1 aromatic carbocycles. The molecule has 1 atom stereocenters. The number of fused-ring (bicyclic) bond motifs is 1. The van der Waals surface area contributed by atoms with Crippen LogP contribution >= 0.6 is 0 Å². The van der Waals surface area contributed by atoms with E-state index in [1.165, 1.54) is 5.56 Å². The van der Waals surface area contributed by atoms with Gasteiger partial charge in [-0.1, -0.05) is 30.3 Å². The highest BCUT2D eigenvalue weighted by Crippen LogP contribution is 2.24. The van der Waals surface area contributed by atoms with Crippen LogP contribution in [0.1, 0.15) is 23.4 Å². The number of hydrogen-bond acceptors (Lipinski definition) is 4. The van der Waals surface area contributed by atoms with E-state index in [-0.39, 0.29) is 5.92 Å². The summed E-state index contributed by atoms with van der Waals surface area (Å²) in [4.78, 5) is 17.3. The van der Waals surface area contributed by atoms with E-state index in [4.69, 9.17) is 0 Å². The van der Waals surface area contributed by atoms with E-state index in [1.54, 1.807) is 0 Å². The van der Waals surface area contributed by atoms with E-state index in [9.17, 15) is 4.79 Å². The summed E-state index contributed by atoms with van der Waals surface area (Å²) >= 11 is 0. The number of carbonyl (C=O) groups excluding carboxylic acids is 1. The van der Waals surface area contributed by atoms with Crippen LogP contribution in [0.5, 0.6) is 0 Å². The first kappa shape index (κ1) is 15.3. The van der Waals surface area contributed by atoms with Crippen LogP contribution in [0.15, 0.2) is 30.3 Å². The summed E-state index contributed by atoms with van der Waals surface area (Å²) in [5, 5.41) is 11.0. The molecule has 1 fully saturated rings.